The molecule has 0 amide bonds. The molecule has 1 saturated carbocycles. The smallest absolute Gasteiger partial charge is 0.316 e. The number of rotatable bonds is 3. The summed E-state index contributed by atoms with van der Waals surface area (Å²) < 4.78 is 9.41. The first-order chi connectivity index (χ1) is 7.60. The van der Waals surface area contributed by atoms with Crippen molar-refractivity contribution in [3.63, 3.8) is 0 Å². The van der Waals surface area contributed by atoms with Crippen molar-refractivity contribution in [1.29, 1.82) is 0 Å². The summed E-state index contributed by atoms with van der Waals surface area (Å²) in [5.41, 5.74) is 0. The van der Waals surface area contributed by atoms with E-state index < -0.39 is 11.9 Å². The average molecular weight is 228 g/mol. The first-order valence-corrected chi connectivity index (χ1v) is 5.37. The third kappa shape index (κ3) is 2.81. The van der Waals surface area contributed by atoms with E-state index in [4.69, 9.17) is 4.74 Å². The Hall–Kier alpha value is -1.39. The van der Waals surface area contributed by atoms with Gasteiger partial charge in [-0.25, -0.2) is 0 Å². The molecular weight excluding hydrogens is 212 g/mol. The van der Waals surface area contributed by atoms with E-state index in [9.17, 15) is 14.4 Å². The van der Waals surface area contributed by atoms with Crippen LogP contribution in [-0.2, 0) is 23.9 Å². The molecule has 2 unspecified atom stereocenters. The van der Waals surface area contributed by atoms with Gasteiger partial charge >= 0.3 is 11.9 Å². The van der Waals surface area contributed by atoms with Crippen molar-refractivity contribution in [2.75, 3.05) is 13.7 Å². The number of ether oxygens (including phenoxy) is 2. The normalized spacial score (nSPS) is 25.0. The van der Waals surface area contributed by atoms with Crippen molar-refractivity contribution in [2.45, 2.75) is 26.2 Å². The van der Waals surface area contributed by atoms with E-state index >= 15 is 0 Å². The van der Waals surface area contributed by atoms with Crippen molar-refractivity contribution in [3.8, 4) is 0 Å². The van der Waals surface area contributed by atoms with Crippen LogP contribution in [-0.4, -0.2) is 31.4 Å². The van der Waals surface area contributed by atoms with Crippen molar-refractivity contribution >= 4 is 17.7 Å². The monoisotopic (exact) mass is 228 g/mol. The van der Waals surface area contributed by atoms with E-state index in [0.717, 1.165) is 0 Å². The number of carbonyl (C=O) groups excluding carboxylic acids is 3. The quantitative estimate of drug-likeness (QED) is 0.525. The number of ketones is 1. The van der Waals surface area contributed by atoms with Crippen LogP contribution in [0.2, 0.25) is 0 Å². The van der Waals surface area contributed by atoms with Crippen LogP contribution >= 0.6 is 0 Å². The maximum absolute atomic E-state index is 11.5. The summed E-state index contributed by atoms with van der Waals surface area (Å²) in [7, 11) is 1.24. The summed E-state index contributed by atoms with van der Waals surface area (Å²) in [6.07, 6.45) is 0.915. The predicted molar refractivity (Wildman–Crippen MR) is 54.5 cm³/mol. The van der Waals surface area contributed by atoms with Gasteiger partial charge in [0.25, 0.3) is 0 Å². The van der Waals surface area contributed by atoms with Gasteiger partial charge in [-0.1, -0.05) is 0 Å². The van der Waals surface area contributed by atoms with Crippen molar-refractivity contribution < 1.29 is 23.9 Å². The molecule has 0 aliphatic heterocycles. The van der Waals surface area contributed by atoms with E-state index in [2.05, 4.69) is 4.74 Å². The minimum Gasteiger partial charge on any atom is -0.468 e. The van der Waals surface area contributed by atoms with Crippen LogP contribution in [0, 0.1) is 11.8 Å². The first-order valence-electron chi connectivity index (χ1n) is 5.37. The van der Waals surface area contributed by atoms with Gasteiger partial charge in [-0.3, -0.25) is 14.4 Å². The largest absolute Gasteiger partial charge is 0.468 e. The SMILES string of the molecule is CCOC(=O)C1CCC(=O)C(C(=O)OC)C1. The van der Waals surface area contributed by atoms with E-state index in [1.54, 1.807) is 6.92 Å². The molecule has 0 heterocycles. The Morgan fingerprint density at radius 3 is 2.62 bits per heavy atom. The number of methoxy groups -OCH3 is 1. The second-order valence-corrected chi connectivity index (χ2v) is 3.77. The van der Waals surface area contributed by atoms with Gasteiger partial charge in [0, 0.05) is 6.42 Å². The second-order valence-electron chi connectivity index (χ2n) is 3.77. The van der Waals surface area contributed by atoms with E-state index in [0.29, 0.717) is 13.0 Å². The van der Waals surface area contributed by atoms with Gasteiger partial charge in [0.05, 0.1) is 19.6 Å². The molecule has 0 bridgehead atoms. The van der Waals surface area contributed by atoms with Crippen LogP contribution in [0.25, 0.3) is 0 Å². The zero-order valence-corrected chi connectivity index (χ0v) is 9.52. The van der Waals surface area contributed by atoms with Crippen LogP contribution < -0.4 is 0 Å². The van der Waals surface area contributed by atoms with Crippen LogP contribution in [0.4, 0.5) is 0 Å². The number of esters is 2. The van der Waals surface area contributed by atoms with Gasteiger partial charge in [-0.15, -0.1) is 0 Å². The van der Waals surface area contributed by atoms with Gasteiger partial charge in [0.1, 0.15) is 11.7 Å². The summed E-state index contributed by atoms with van der Waals surface area (Å²) in [6.45, 7) is 2.04. The van der Waals surface area contributed by atoms with E-state index in [1.807, 2.05) is 0 Å². The summed E-state index contributed by atoms with van der Waals surface area (Å²) in [6, 6.07) is 0. The Balaban J connectivity index is 2.63. The van der Waals surface area contributed by atoms with Crippen LogP contribution in [0.15, 0.2) is 0 Å². The third-order valence-corrected chi connectivity index (χ3v) is 2.75. The molecule has 0 radical (unpaired) electrons. The highest BCUT2D eigenvalue weighted by Gasteiger charge is 2.37. The molecule has 0 aromatic heterocycles. The number of Topliss-reactive ketones (excluding diaryl/α,β-unsaturated/α-hetero) is 1. The van der Waals surface area contributed by atoms with Crippen LogP contribution in [0.5, 0.6) is 0 Å². The second kappa shape index (κ2) is 5.63. The Morgan fingerprint density at radius 1 is 1.38 bits per heavy atom. The fourth-order valence-electron chi connectivity index (χ4n) is 1.87. The lowest BCUT2D eigenvalue weighted by Gasteiger charge is -2.24. The van der Waals surface area contributed by atoms with Gasteiger partial charge in [0.2, 0.25) is 0 Å². The molecule has 1 aliphatic carbocycles. The highest BCUT2D eigenvalue weighted by molar-refractivity contribution is 6.00. The minimum absolute atomic E-state index is 0.146. The Bertz CT molecular complexity index is 289. The molecule has 0 spiro atoms. The molecule has 16 heavy (non-hydrogen) atoms. The van der Waals surface area contributed by atoms with Crippen LogP contribution in [0.1, 0.15) is 26.2 Å². The Kier molecular flexibility index (Phi) is 4.46. The molecule has 0 aromatic carbocycles. The molecule has 5 heteroatoms. The summed E-state index contributed by atoms with van der Waals surface area (Å²) in [5, 5.41) is 0. The van der Waals surface area contributed by atoms with E-state index in [1.165, 1.54) is 7.11 Å². The third-order valence-electron chi connectivity index (χ3n) is 2.75. The highest BCUT2D eigenvalue weighted by atomic mass is 16.5. The fraction of sp³-hybridized carbons (Fsp3) is 0.727. The molecule has 90 valence electrons. The van der Waals surface area contributed by atoms with E-state index in [-0.39, 0.29) is 30.5 Å². The predicted octanol–water partition coefficient (Wildman–Crippen LogP) is 0.708. The topological polar surface area (TPSA) is 69.7 Å². The average Bonchev–Trinajstić information content (AvgIpc) is 2.29. The molecule has 5 nitrogen and oxygen atoms in total. The van der Waals surface area contributed by atoms with Crippen LogP contribution in [0.3, 0.4) is 0 Å². The maximum atomic E-state index is 11.5. The molecule has 2 atom stereocenters. The van der Waals surface area contributed by atoms with Crippen molar-refractivity contribution in [1.82, 2.24) is 0 Å². The summed E-state index contributed by atoms with van der Waals surface area (Å²) in [5.74, 6) is -2.19. The minimum atomic E-state index is -0.798. The zero-order chi connectivity index (χ0) is 12.1. The van der Waals surface area contributed by atoms with Gasteiger partial charge < -0.3 is 9.47 Å². The molecule has 0 aromatic rings. The Labute approximate surface area is 94.1 Å². The molecule has 1 rings (SSSR count). The fourth-order valence-corrected chi connectivity index (χ4v) is 1.87. The van der Waals surface area contributed by atoms with Gasteiger partial charge in [-0.2, -0.15) is 0 Å². The van der Waals surface area contributed by atoms with Crippen molar-refractivity contribution in [3.05, 3.63) is 0 Å². The Morgan fingerprint density at radius 2 is 2.06 bits per heavy atom. The highest BCUT2D eigenvalue weighted by Crippen LogP contribution is 2.28. The number of hydrogen-bond acceptors (Lipinski definition) is 5. The molecule has 0 N–H and O–H groups in total. The number of hydrogen-bond donors (Lipinski definition) is 0. The summed E-state index contributed by atoms with van der Waals surface area (Å²) >= 11 is 0. The standard InChI is InChI=1S/C11H16O5/c1-3-16-10(13)7-4-5-9(12)8(6-7)11(14)15-2/h7-8H,3-6H2,1-2H3. The molecular formula is C11H16O5. The lowest BCUT2D eigenvalue weighted by molar-refractivity contribution is -0.156. The zero-order valence-electron chi connectivity index (χ0n) is 9.52. The molecule has 1 fully saturated rings. The first kappa shape index (κ1) is 12.7. The lowest BCUT2D eigenvalue weighted by Crippen LogP contribution is -2.35. The van der Waals surface area contributed by atoms with Gasteiger partial charge in [0.15, 0.2) is 0 Å². The molecule has 0 saturated heterocycles. The number of carbonyl (C=O) groups is 3. The lowest BCUT2D eigenvalue weighted by atomic mass is 9.80. The van der Waals surface area contributed by atoms with Crippen molar-refractivity contribution in [2.24, 2.45) is 11.8 Å². The molecule has 1 aliphatic rings. The maximum Gasteiger partial charge on any atom is 0.316 e. The summed E-state index contributed by atoms with van der Waals surface area (Å²) in [4.78, 5) is 34.3. The van der Waals surface area contributed by atoms with Gasteiger partial charge in [-0.05, 0) is 19.8 Å².